The fourth-order valence-electron chi connectivity index (χ4n) is 1.61. The third-order valence-corrected chi connectivity index (χ3v) is 4.13. The molecule has 0 bridgehead atoms. The van der Waals surface area contributed by atoms with Crippen LogP contribution in [0.2, 0.25) is 0 Å². The summed E-state index contributed by atoms with van der Waals surface area (Å²) in [4.78, 5) is 4.34. The van der Waals surface area contributed by atoms with Crippen molar-refractivity contribution in [3.05, 3.63) is 8.84 Å². The number of hydrogen-bond donors (Lipinski definition) is 0. The highest BCUT2D eigenvalue weighted by Crippen LogP contribution is 2.38. The van der Waals surface area contributed by atoms with E-state index in [0.29, 0.717) is 0 Å². The van der Waals surface area contributed by atoms with Gasteiger partial charge in [-0.15, -0.1) is 0 Å². The maximum absolute atomic E-state index is 5.52. The molecule has 0 unspecified atom stereocenters. The van der Waals surface area contributed by atoms with Gasteiger partial charge in [0.25, 0.3) is 0 Å². The Balaban J connectivity index is 2.04. The predicted molar refractivity (Wildman–Crippen MR) is 59.9 cm³/mol. The topological polar surface area (TPSA) is 35.0 Å². The van der Waals surface area contributed by atoms with Crippen molar-refractivity contribution in [1.82, 2.24) is 9.36 Å². The van der Waals surface area contributed by atoms with E-state index < -0.39 is 0 Å². The molecule has 0 aliphatic heterocycles. The number of rotatable bonds is 3. The molecule has 1 saturated carbocycles. The van der Waals surface area contributed by atoms with Crippen molar-refractivity contribution in [2.75, 3.05) is 7.11 Å². The molecule has 0 radical (unpaired) electrons. The Hall–Kier alpha value is 0.250. The molecule has 0 amide bonds. The highest BCUT2D eigenvalue weighted by Gasteiger charge is 2.37. The molecule has 0 aromatic carbocycles. The van der Waals surface area contributed by atoms with Gasteiger partial charge in [0.15, 0.2) is 0 Å². The lowest BCUT2D eigenvalue weighted by Crippen LogP contribution is -2.41. The molecule has 0 atom stereocenters. The molecule has 1 aromatic heterocycles. The Bertz CT molecular complexity index is 293. The molecular formula is C8H11IN2OS. The van der Waals surface area contributed by atoms with Gasteiger partial charge >= 0.3 is 0 Å². The van der Waals surface area contributed by atoms with Crippen LogP contribution in [0, 0.1) is 3.83 Å². The van der Waals surface area contributed by atoms with Crippen molar-refractivity contribution in [3.63, 3.8) is 0 Å². The van der Waals surface area contributed by atoms with E-state index in [1.165, 1.54) is 30.8 Å². The van der Waals surface area contributed by atoms with Crippen molar-refractivity contribution in [1.29, 1.82) is 0 Å². The molecule has 0 N–H and O–H groups in total. The molecule has 13 heavy (non-hydrogen) atoms. The zero-order chi connectivity index (χ0) is 9.31. The maximum atomic E-state index is 5.52. The maximum Gasteiger partial charge on any atom is 0.203 e. The molecule has 1 fully saturated rings. The Labute approximate surface area is 95.2 Å². The van der Waals surface area contributed by atoms with Gasteiger partial charge in [0.2, 0.25) is 3.83 Å². The molecule has 0 spiro atoms. The zero-order valence-corrected chi connectivity index (χ0v) is 10.4. The van der Waals surface area contributed by atoms with Gasteiger partial charge in [-0.2, -0.15) is 4.37 Å². The summed E-state index contributed by atoms with van der Waals surface area (Å²) in [5, 5.41) is 1.10. The number of halogens is 1. The first kappa shape index (κ1) is 9.79. The number of methoxy groups -OCH3 is 1. The highest BCUT2D eigenvalue weighted by molar-refractivity contribution is 14.1. The molecule has 2 rings (SSSR count). The minimum atomic E-state index is 0.0859. The normalized spacial score (nSPS) is 19.8. The van der Waals surface area contributed by atoms with E-state index in [1.54, 1.807) is 7.11 Å². The number of hydrogen-bond acceptors (Lipinski definition) is 4. The van der Waals surface area contributed by atoms with Crippen molar-refractivity contribution in [2.24, 2.45) is 0 Å². The molecule has 1 heterocycles. The van der Waals surface area contributed by atoms with E-state index in [4.69, 9.17) is 4.74 Å². The van der Waals surface area contributed by atoms with Gasteiger partial charge in [0.1, 0.15) is 5.01 Å². The standard InChI is InChI=1S/C8H11IN2OS/c1-12-8(3-2-4-8)5-6-10-7(9)11-13-6/h2-5H2,1H3. The van der Waals surface area contributed by atoms with Crippen LogP contribution in [0.1, 0.15) is 24.3 Å². The number of nitrogens with zero attached hydrogens (tertiary/aromatic N) is 2. The minimum absolute atomic E-state index is 0.0859. The van der Waals surface area contributed by atoms with Gasteiger partial charge in [-0.05, 0) is 30.8 Å². The molecule has 1 aromatic rings. The summed E-state index contributed by atoms with van der Waals surface area (Å²) in [6.45, 7) is 0. The summed E-state index contributed by atoms with van der Waals surface area (Å²) in [6, 6.07) is 0. The van der Waals surface area contributed by atoms with Crippen molar-refractivity contribution in [3.8, 4) is 0 Å². The average Bonchev–Trinajstić information content (AvgIpc) is 2.44. The quantitative estimate of drug-likeness (QED) is 0.803. The summed E-state index contributed by atoms with van der Waals surface area (Å²) in [6.07, 6.45) is 4.55. The van der Waals surface area contributed by atoms with Crippen LogP contribution in [-0.4, -0.2) is 22.1 Å². The molecule has 0 saturated heterocycles. The summed E-state index contributed by atoms with van der Waals surface area (Å²) in [5.74, 6) is 0. The van der Waals surface area contributed by atoms with Gasteiger partial charge in [0, 0.05) is 36.1 Å². The first-order chi connectivity index (χ1) is 6.24. The monoisotopic (exact) mass is 310 g/mol. The fraction of sp³-hybridized carbons (Fsp3) is 0.750. The Morgan fingerprint density at radius 2 is 2.38 bits per heavy atom. The second-order valence-electron chi connectivity index (χ2n) is 3.37. The van der Waals surface area contributed by atoms with E-state index >= 15 is 0 Å². The number of aromatic nitrogens is 2. The molecule has 3 nitrogen and oxygen atoms in total. The van der Waals surface area contributed by atoms with Gasteiger partial charge < -0.3 is 4.74 Å². The van der Waals surface area contributed by atoms with Crippen LogP contribution in [0.4, 0.5) is 0 Å². The van der Waals surface area contributed by atoms with E-state index in [9.17, 15) is 0 Å². The van der Waals surface area contributed by atoms with E-state index in [-0.39, 0.29) is 5.60 Å². The van der Waals surface area contributed by atoms with Crippen LogP contribution < -0.4 is 0 Å². The van der Waals surface area contributed by atoms with Crippen LogP contribution in [0.15, 0.2) is 0 Å². The number of ether oxygens (including phenoxy) is 1. The fourth-order valence-corrected chi connectivity index (χ4v) is 3.03. The first-order valence-electron chi connectivity index (χ1n) is 4.27. The second kappa shape index (κ2) is 3.78. The SMILES string of the molecule is COC1(Cc2nc(I)ns2)CCC1. The molecule has 5 heteroatoms. The van der Waals surface area contributed by atoms with Crippen molar-refractivity contribution in [2.45, 2.75) is 31.3 Å². The first-order valence-corrected chi connectivity index (χ1v) is 6.13. The van der Waals surface area contributed by atoms with Crippen LogP contribution in [-0.2, 0) is 11.2 Å². The second-order valence-corrected chi connectivity index (χ2v) is 5.18. The minimum Gasteiger partial charge on any atom is -0.378 e. The average molecular weight is 310 g/mol. The van der Waals surface area contributed by atoms with Gasteiger partial charge in [-0.1, -0.05) is 0 Å². The smallest absolute Gasteiger partial charge is 0.203 e. The Kier molecular flexibility index (Phi) is 2.85. The molecule has 1 aliphatic rings. The van der Waals surface area contributed by atoms with Gasteiger partial charge in [-0.25, -0.2) is 4.98 Å². The Morgan fingerprint density at radius 3 is 2.77 bits per heavy atom. The lowest BCUT2D eigenvalue weighted by Gasteiger charge is -2.39. The van der Waals surface area contributed by atoms with Crippen molar-refractivity contribution < 1.29 is 4.74 Å². The lowest BCUT2D eigenvalue weighted by molar-refractivity contribution is -0.0708. The van der Waals surface area contributed by atoms with Crippen molar-refractivity contribution >= 4 is 34.1 Å². The largest absolute Gasteiger partial charge is 0.378 e. The molecule has 1 aliphatic carbocycles. The Morgan fingerprint density at radius 1 is 1.62 bits per heavy atom. The van der Waals surface area contributed by atoms with E-state index in [1.807, 2.05) is 0 Å². The summed E-state index contributed by atoms with van der Waals surface area (Å²) < 4.78 is 10.5. The zero-order valence-electron chi connectivity index (χ0n) is 7.42. The van der Waals surface area contributed by atoms with Gasteiger partial charge in [-0.3, -0.25) is 0 Å². The van der Waals surface area contributed by atoms with E-state index in [2.05, 4.69) is 31.9 Å². The summed E-state index contributed by atoms with van der Waals surface area (Å²) in [5.41, 5.74) is 0.0859. The molecular weight excluding hydrogens is 299 g/mol. The lowest BCUT2D eigenvalue weighted by atomic mass is 9.78. The van der Waals surface area contributed by atoms with Crippen LogP contribution in [0.5, 0.6) is 0 Å². The van der Waals surface area contributed by atoms with Crippen LogP contribution in [0.25, 0.3) is 0 Å². The van der Waals surface area contributed by atoms with Crippen LogP contribution in [0.3, 0.4) is 0 Å². The third kappa shape index (κ3) is 2.02. The third-order valence-electron chi connectivity index (χ3n) is 2.61. The summed E-state index contributed by atoms with van der Waals surface area (Å²) >= 11 is 3.63. The van der Waals surface area contributed by atoms with E-state index in [0.717, 1.165) is 15.3 Å². The van der Waals surface area contributed by atoms with Gasteiger partial charge in [0.05, 0.1) is 5.60 Å². The van der Waals surface area contributed by atoms with Crippen LogP contribution >= 0.6 is 34.1 Å². The molecule has 72 valence electrons. The predicted octanol–water partition coefficient (Wildman–Crippen LogP) is 2.25. The highest BCUT2D eigenvalue weighted by atomic mass is 127. The summed E-state index contributed by atoms with van der Waals surface area (Å²) in [7, 11) is 1.80.